The fourth-order valence-electron chi connectivity index (χ4n) is 3.16. The summed E-state index contributed by atoms with van der Waals surface area (Å²) in [6.45, 7) is 2.08. The number of anilines is 1. The first-order valence-corrected chi connectivity index (χ1v) is 11.2. The van der Waals surface area contributed by atoms with Crippen LogP contribution in [0.1, 0.15) is 24.9 Å². The molecule has 3 amide bonds. The number of rotatable bonds is 7. The number of tetrazole rings is 1. The maximum Gasteiger partial charge on any atom is 0.289 e. The van der Waals surface area contributed by atoms with Crippen molar-refractivity contribution in [2.75, 3.05) is 11.1 Å². The Morgan fingerprint density at radius 3 is 2.50 bits per heavy atom. The number of nitrogens with zero attached hydrogens (tertiary/aromatic N) is 5. The topological polar surface area (TPSA) is 110 Å². The summed E-state index contributed by atoms with van der Waals surface area (Å²) in [6.07, 6.45) is 0.469. The van der Waals surface area contributed by atoms with Gasteiger partial charge in [-0.25, -0.2) is 0 Å². The van der Waals surface area contributed by atoms with Crippen LogP contribution >= 0.6 is 23.4 Å². The smallest absolute Gasteiger partial charge is 0.289 e. The molecule has 32 heavy (non-hydrogen) atoms. The van der Waals surface area contributed by atoms with Crippen molar-refractivity contribution >= 4 is 46.1 Å². The van der Waals surface area contributed by atoms with E-state index in [4.69, 9.17) is 11.6 Å². The number of amides is 3. The molecule has 1 N–H and O–H groups in total. The number of benzene rings is 2. The second kappa shape index (κ2) is 9.49. The summed E-state index contributed by atoms with van der Waals surface area (Å²) in [4.78, 5) is 38.8. The largest absolute Gasteiger partial charge is 0.324 e. The Kier molecular flexibility index (Phi) is 6.52. The van der Waals surface area contributed by atoms with Crippen LogP contribution in [0.3, 0.4) is 0 Å². The van der Waals surface area contributed by atoms with E-state index in [0.717, 1.165) is 22.9 Å². The van der Waals surface area contributed by atoms with Gasteiger partial charge in [-0.1, -0.05) is 42.4 Å². The summed E-state index contributed by atoms with van der Waals surface area (Å²) >= 11 is 6.92. The van der Waals surface area contributed by atoms with Crippen molar-refractivity contribution in [2.45, 2.75) is 25.9 Å². The molecule has 1 saturated heterocycles. The Balaban J connectivity index is 1.41. The average Bonchev–Trinajstić information content (AvgIpc) is 3.39. The molecule has 9 nitrogen and oxygen atoms in total. The van der Waals surface area contributed by atoms with Crippen LogP contribution in [0.2, 0.25) is 5.02 Å². The summed E-state index contributed by atoms with van der Waals surface area (Å²) in [5.41, 5.74) is 2.13. The van der Waals surface area contributed by atoms with Crippen LogP contribution in [0.25, 0.3) is 11.4 Å². The Bertz CT molecular complexity index is 1130. The number of thioether (sulfide) groups is 1. The first-order chi connectivity index (χ1) is 15.4. The van der Waals surface area contributed by atoms with Crippen molar-refractivity contribution < 1.29 is 14.4 Å². The van der Waals surface area contributed by atoms with E-state index >= 15 is 0 Å². The number of imide groups is 1. The molecule has 3 aromatic rings. The molecule has 1 aliphatic rings. The molecule has 1 unspecified atom stereocenters. The van der Waals surface area contributed by atoms with Gasteiger partial charge in [-0.15, -0.1) is 10.2 Å². The van der Waals surface area contributed by atoms with Crippen molar-refractivity contribution in [1.82, 2.24) is 25.1 Å². The van der Waals surface area contributed by atoms with Crippen LogP contribution in [0.4, 0.5) is 10.5 Å². The average molecular weight is 471 g/mol. The molecule has 0 saturated carbocycles. The van der Waals surface area contributed by atoms with Gasteiger partial charge in [0.15, 0.2) is 6.04 Å². The molecule has 2 heterocycles. The van der Waals surface area contributed by atoms with Crippen molar-refractivity contribution in [3.63, 3.8) is 0 Å². The van der Waals surface area contributed by atoms with E-state index in [2.05, 4.69) is 20.7 Å². The molecule has 0 radical (unpaired) electrons. The van der Waals surface area contributed by atoms with E-state index in [0.29, 0.717) is 23.0 Å². The van der Waals surface area contributed by atoms with Gasteiger partial charge in [0.1, 0.15) is 0 Å². The molecule has 164 valence electrons. The number of hydrogen-bond acceptors (Lipinski definition) is 7. The number of hydrogen-bond donors (Lipinski definition) is 1. The van der Waals surface area contributed by atoms with Crippen molar-refractivity contribution in [3.8, 4) is 11.4 Å². The zero-order valence-electron chi connectivity index (χ0n) is 17.1. The van der Waals surface area contributed by atoms with E-state index in [9.17, 15) is 14.4 Å². The first kappa shape index (κ1) is 22.0. The Labute approximate surface area is 193 Å². The Morgan fingerprint density at radius 1 is 1.16 bits per heavy atom. The highest BCUT2D eigenvalue weighted by atomic mass is 35.5. The fraction of sp³-hybridized carbons (Fsp3) is 0.238. The van der Waals surface area contributed by atoms with Gasteiger partial charge in [-0.3, -0.25) is 19.3 Å². The van der Waals surface area contributed by atoms with Crippen LogP contribution in [0.15, 0.2) is 48.5 Å². The number of halogens is 1. The second-order valence-electron chi connectivity index (χ2n) is 7.09. The molecule has 1 aromatic heterocycles. The molecule has 1 fully saturated rings. The normalized spacial score (nSPS) is 14.6. The van der Waals surface area contributed by atoms with Gasteiger partial charge in [-0.2, -0.15) is 4.80 Å². The number of nitrogens with one attached hydrogen (secondary N) is 1. The molecule has 0 aliphatic carbocycles. The predicted octanol–water partition coefficient (Wildman–Crippen LogP) is 3.78. The summed E-state index contributed by atoms with van der Waals surface area (Å²) in [7, 11) is 0. The zero-order chi connectivity index (χ0) is 22.7. The van der Waals surface area contributed by atoms with Gasteiger partial charge < -0.3 is 5.32 Å². The first-order valence-electron chi connectivity index (χ1n) is 9.87. The highest BCUT2D eigenvalue weighted by Crippen LogP contribution is 2.23. The Hall–Kier alpha value is -3.24. The molecular weight excluding hydrogens is 452 g/mol. The number of aromatic nitrogens is 4. The zero-order valence-corrected chi connectivity index (χ0v) is 18.6. The SMILES string of the molecule is CCC(C(=O)Nc1ccc(CN2C(=O)CSC2=O)cc1)n1nnc(-c2ccc(Cl)cc2)n1. The van der Waals surface area contributed by atoms with Gasteiger partial charge >= 0.3 is 0 Å². The van der Waals surface area contributed by atoms with E-state index in [1.54, 1.807) is 48.5 Å². The molecule has 11 heteroatoms. The van der Waals surface area contributed by atoms with E-state index in [1.165, 1.54) is 9.70 Å². The highest BCUT2D eigenvalue weighted by molar-refractivity contribution is 8.14. The minimum atomic E-state index is -0.639. The van der Waals surface area contributed by atoms with E-state index in [-0.39, 0.29) is 29.4 Å². The van der Waals surface area contributed by atoms with Crippen molar-refractivity contribution in [1.29, 1.82) is 0 Å². The summed E-state index contributed by atoms with van der Waals surface area (Å²) in [6, 6.07) is 13.4. The summed E-state index contributed by atoms with van der Waals surface area (Å²) in [5, 5.41) is 15.7. The lowest BCUT2D eigenvalue weighted by Gasteiger charge is -2.15. The van der Waals surface area contributed by atoms with Crippen LogP contribution in [0.5, 0.6) is 0 Å². The van der Waals surface area contributed by atoms with Gasteiger partial charge in [0.2, 0.25) is 11.7 Å². The minimum absolute atomic E-state index is 0.182. The molecule has 4 rings (SSSR count). The van der Waals surface area contributed by atoms with Crippen LogP contribution in [0, 0.1) is 0 Å². The predicted molar refractivity (Wildman–Crippen MR) is 121 cm³/mol. The minimum Gasteiger partial charge on any atom is -0.324 e. The summed E-state index contributed by atoms with van der Waals surface area (Å²) in [5.74, 6) is 0.117. The van der Waals surface area contributed by atoms with Gasteiger partial charge in [0.05, 0.1) is 12.3 Å². The molecule has 2 aromatic carbocycles. The van der Waals surface area contributed by atoms with Crippen LogP contribution < -0.4 is 5.32 Å². The van der Waals surface area contributed by atoms with Crippen molar-refractivity contribution in [2.24, 2.45) is 0 Å². The standard InChI is InChI=1S/C21H19ClN6O3S/c1-2-17(28-25-19(24-26-28)14-5-7-15(22)8-6-14)20(30)23-16-9-3-13(4-10-16)11-27-18(29)12-32-21(27)31/h3-10,17H,2,11-12H2,1H3,(H,23,30). The second-order valence-corrected chi connectivity index (χ2v) is 8.45. The molecular formula is C21H19ClN6O3S. The van der Waals surface area contributed by atoms with Crippen LogP contribution in [-0.2, 0) is 16.1 Å². The quantitative estimate of drug-likeness (QED) is 0.559. The van der Waals surface area contributed by atoms with E-state index in [1.807, 2.05) is 6.92 Å². The molecule has 0 bridgehead atoms. The van der Waals surface area contributed by atoms with Gasteiger partial charge in [0.25, 0.3) is 11.1 Å². The number of carbonyl (C=O) groups is 3. The molecule has 1 aliphatic heterocycles. The monoisotopic (exact) mass is 470 g/mol. The van der Waals surface area contributed by atoms with E-state index < -0.39 is 6.04 Å². The maximum atomic E-state index is 12.8. The highest BCUT2D eigenvalue weighted by Gasteiger charge is 2.29. The van der Waals surface area contributed by atoms with Gasteiger partial charge in [-0.05, 0) is 53.6 Å². The lowest BCUT2D eigenvalue weighted by Crippen LogP contribution is -2.28. The van der Waals surface area contributed by atoms with Crippen LogP contribution in [-0.4, -0.2) is 47.9 Å². The Morgan fingerprint density at radius 2 is 1.88 bits per heavy atom. The number of carbonyl (C=O) groups excluding carboxylic acids is 3. The molecule has 1 atom stereocenters. The fourth-order valence-corrected chi connectivity index (χ4v) is 4.01. The third-order valence-corrected chi connectivity index (χ3v) is 6.01. The lowest BCUT2D eigenvalue weighted by molar-refractivity contribution is -0.125. The summed E-state index contributed by atoms with van der Waals surface area (Å²) < 4.78 is 0. The third-order valence-electron chi connectivity index (χ3n) is 4.90. The van der Waals surface area contributed by atoms with Crippen molar-refractivity contribution in [3.05, 3.63) is 59.1 Å². The third kappa shape index (κ3) is 4.81. The molecule has 0 spiro atoms. The lowest BCUT2D eigenvalue weighted by atomic mass is 10.1. The maximum absolute atomic E-state index is 12.8. The van der Waals surface area contributed by atoms with Gasteiger partial charge in [0, 0.05) is 16.3 Å².